The van der Waals surface area contributed by atoms with Gasteiger partial charge in [-0.3, -0.25) is 9.59 Å². The number of hydrogen-bond acceptors (Lipinski definition) is 5. The van der Waals surface area contributed by atoms with Crippen molar-refractivity contribution in [3.63, 3.8) is 0 Å². The van der Waals surface area contributed by atoms with Crippen molar-refractivity contribution in [3.8, 4) is 0 Å². The number of carboxylic acids is 1. The Bertz CT molecular complexity index is 1590. The Hall–Kier alpha value is -4.43. The van der Waals surface area contributed by atoms with Crippen LogP contribution >= 0.6 is 0 Å². The molecule has 1 aliphatic heterocycles. The molecule has 1 aliphatic carbocycles. The number of aryl methyl sites for hydroxylation is 1. The van der Waals surface area contributed by atoms with E-state index in [0.29, 0.717) is 28.9 Å². The highest BCUT2D eigenvalue weighted by Crippen LogP contribution is 2.44. The third-order valence-corrected chi connectivity index (χ3v) is 8.04. The predicted octanol–water partition coefficient (Wildman–Crippen LogP) is 4.92. The molecule has 1 amide bonds. The topological polar surface area (TPSA) is 95.0 Å². The van der Waals surface area contributed by atoms with Crippen molar-refractivity contribution in [2.24, 2.45) is 0 Å². The highest BCUT2D eigenvalue weighted by Gasteiger charge is 2.39. The van der Waals surface area contributed by atoms with E-state index in [2.05, 4.69) is 0 Å². The molecular formula is C29H24N2O5S. The molecule has 3 aromatic rings. The molecule has 0 radical (unpaired) electrons. The van der Waals surface area contributed by atoms with E-state index in [4.69, 9.17) is 0 Å². The number of fused-ring (bicyclic) bond motifs is 2. The van der Waals surface area contributed by atoms with E-state index < -0.39 is 21.9 Å². The number of rotatable bonds is 6. The molecule has 0 spiro atoms. The summed E-state index contributed by atoms with van der Waals surface area (Å²) in [5.41, 5.74) is 3.48. The summed E-state index contributed by atoms with van der Waals surface area (Å²) in [6.45, 7) is 1.56. The molecule has 0 fully saturated rings. The summed E-state index contributed by atoms with van der Waals surface area (Å²) in [4.78, 5) is 27.8. The zero-order chi connectivity index (χ0) is 26.2. The first-order valence-corrected chi connectivity index (χ1v) is 13.1. The Kier molecular flexibility index (Phi) is 6.27. The van der Waals surface area contributed by atoms with Gasteiger partial charge in [-0.2, -0.15) is 4.31 Å². The number of carbonyl (C=O) groups is 2. The lowest BCUT2D eigenvalue weighted by Crippen LogP contribution is -2.41. The van der Waals surface area contributed by atoms with Crippen LogP contribution < -0.4 is 9.21 Å². The van der Waals surface area contributed by atoms with Gasteiger partial charge in [-0.25, -0.2) is 8.42 Å². The van der Waals surface area contributed by atoms with Crippen molar-refractivity contribution >= 4 is 38.8 Å². The van der Waals surface area contributed by atoms with E-state index in [1.807, 2.05) is 19.1 Å². The maximum absolute atomic E-state index is 14.4. The number of nitrogens with zero attached hydrogens (tertiary/aromatic N) is 2. The fourth-order valence-corrected chi connectivity index (χ4v) is 6.04. The van der Waals surface area contributed by atoms with Crippen LogP contribution in [0.15, 0.2) is 113 Å². The first-order chi connectivity index (χ1) is 17.8. The van der Waals surface area contributed by atoms with Crippen LogP contribution in [0.3, 0.4) is 0 Å². The average molecular weight is 513 g/mol. The van der Waals surface area contributed by atoms with Gasteiger partial charge in [0, 0.05) is 16.9 Å². The van der Waals surface area contributed by atoms with Gasteiger partial charge < -0.3 is 10.0 Å². The average Bonchev–Trinajstić information content (AvgIpc) is 2.89. The zero-order valence-corrected chi connectivity index (χ0v) is 20.9. The zero-order valence-electron chi connectivity index (χ0n) is 20.0. The quantitative estimate of drug-likeness (QED) is 0.504. The summed E-state index contributed by atoms with van der Waals surface area (Å²) in [5.74, 6) is -1.72. The van der Waals surface area contributed by atoms with Gasteiger partial charge in [0.05, 0.1) is 16.2 Å². The highest BCUT2D eigenvalue weighted by molar-refractivity contribution is 7.93. The van der Waals surface area contributed by atoms with Crippen LogP contribution in [-0.2, 0) is 19.6 Å². The number of carboxylic acid groups (broad SMARTS) is 1. The van der Waals surface area contributed by atoms with E-state index in [-0.39, 0.29) is 22.7 Å². The molecule has 2 aliphatic rings. The number of carbonyl (C=O) groups excluding carboxylic acids is 1. The molecular weight excluding hydrogens is 488 g/mol. The van der Waals surface area contributed by atoms with E-state index in [0.717, 1.165) is 9.87 Å². The van der Waals surface area contributed by atoms with E-state index in [9.17, 15) is 23.1 Å². The SMILES string of the molecule is Cc1ccc(S(=O)(=O)N(C(=O)C2=C3CC=CC=C3N(CC(=O)O)c3ccccc32)c2ccccc2)cc1. The summed E-state index contributed by atoms with van der Waals surface area (Å²) in [5, 5.41) is 9.59. The highest BCUT2D eigenvalue weighted by atomic mass is 32.2. The van der Waals surface area contributed by atoms with Crippen LogP contribution in [0.4, 0.5) is 11.4 Å². The van der Waals surface area contributed by atoms with Gasteiger partial charge in [0.2, 0.25) is 0 Å². The normalized spacial score (nSPS) is 14.5. The first-order valence-electron chi connectivity index (χ1n) is 11.7. The minimum Gasteiger partial charge on any atom is -0.480 e. The van der Waals surface area contributed by atoms with Gasteiger partial charge in [-0.15, -0.1) is 0 Å². The molecule has 5 rings (SSSR count). The van der Waals surface area contributed by atoms with E-state index in [1.54, 1.807) is 77.7 Å². The molecule has 0 saturated carbocycles. The maximum atomic E-state index is 14.4. The molecule has 1 heterocycles. The maximum Gasteiger partial charge on any atom is 0.323 e. The van der Waals surface area contributed by atoms with Crippen molar-refractivity contribution in [1.82, 2.24) is 0 Å². The minimum absolute atomic E-state index is 0.00296. The molecule has 3 aromatic carbocycles. The monoisotopic (exact) mass is 512 g/mol. The molecule has 0 atom stereocenters. The number of para-hydroxylation sites is 2. The molecule has 1 N–H and O–H groups in total. The number of aliphatic carboxylic acids is 1. The van der Waals surface area contributed by atoms with Gasteiger partial charge in [0.1, 0.15) is 6.54 Å². The summed E-state index contributed by atoms with van der Waals surface area (Å²) < 4.78 is 28.8. The number of sulfonamides is 1. The van der Waals surface area contributed by atoms with Crippen molar-refractivity contribution in [2.45, 2.75) is 18.2 Å². The van der Waals surface area contributed by atoms with E-state index >= 15 is 0 Å². The Balaban J connectivity index is 1.74. The van der Waals surface area contributed by atoms with Crippen molar-refractivity contribution in [1.29, 1.82) is 0 Å². The second-order valence-corrected chi connectivity index (χ2v) is 10.5. The summed E-state index contributed by atoms with van der Waals surface area (Å²) >= 11 is 0. The third-order valence-electron chi connectivity index (χ3n) is 6.32. The number of anilines is 2. The molecule has 0 aromatic heterocycles. The van der Waals surface area contributed by atoms with Crippen LogP contribution in [0, 0.1) is 6.92 Å². The summed E-state index contributed by atoms with van der Waals surface area (Å²) in [6, 6.07) is 21.6. The lowest BCUT2D eigenvalue weighted by Gasteiger charge is -2.37. The fourth-order valence-electron chi connectivity index (χ4n) is 4.64. The van der Waals surface area contributed by atoms with Gasteiger partial charge in [-0.05, 0) is 55.3 Å². The molecule has 0 bridgehead atoms. The lowest BCUT2D eigenvalue weighted by molar-refractivity contribution is -0.135. The lowest BCUT2D eigenvalue weighted by atomic mass is 9.86. The molecule has 0 unspecified atom stereocenters. The van der Waals surface area contributed by atoms with Gasteiger partial charge in [0.25, 0.3) is 15.9 Å². The Morgan fingerprint density at radius 2 is 1.62 bits per heavy atom. The number of benzene rings is 3. The number of allylic oxidation sites excluding steroid dienone is 4. The van der Waals surface area contributed by atoms with Crippen LogP contribution in [-0.4, -0.2) is 31.9 Å². The van der Waals surface area contributed by atoms with Crippen LogP contribution in [0.5, 0.6) is 0 Å². The standard InChI is InChI=1S/C29H24N2O5S/c1-20-15-17-22(18-16-20)37(35,36)31(21-9-3-2-4-10-21)29(34)28-23-11-5-7-13-25(23)30(19-27(32)33)26-14-8-6-12-24(26)28/h2-11,13-18H,12,19H2,1H3,(H,32,33). The minimum atomic E-state index is -4.29. The Morgan fingerprint density at radius 1 is 0.946 bits per heavy atom. The molecule has 7 nitrogen and oxygen atoms in total. The van der Waals surface area contributed by atoms with Crippen LogP contribution in [0.2, 0.25) is 0 Å². The van der Waals surface area contributed by atoms with Gasteiger partial charge in [0.15, 0.2) is 0 Å². The molecule has 0 saturated heterocycles. The Morgan fingerprint density at radius 3 is 2.32 bits per heavy atom. The first kappa shape index (κ1) is 24.3. The van der Waals surface area contributed by atoms with Crippen molar-refractivity contribution in [2.75, 3.05) is 15.7 Å². The molecule has 186 valence electrons. The molecule has 37 heavy (non-hydrogen) atoms. The number of amides is 1. The van der Waals surface area contributed by atoms with Crippen molar-refractivity contribution in [3.05, 3.63) is 119 Å². The van der Waals surface area contributed by atoms with Crippen LogP contribution in [0.25, 0.3) is 5.57 Å². The van der Waals surface area contributed by atoms with Gasteiger partial charge in [-0.1, -0.05) is 66.2 Å². The second-order valence-electron chi connectivity index (χ2n) is 8.76. The van der Waals surface area contributed by atoms with Gasteiger partial charge >= 0.3 is 5.97 Å². The molecule has 8 heteroatoms. The summed E-state index contributed by atoms with van der Waals surface area (Å²) in [6.07, 6.45) is 5.78. The second kappa shape index (κ2) is 9.55. The van der Waals surface area contributed by atoms with Crippen LogP contribution in [0.1, 0.15) is 17.5 Å². The summed E-state index contributed by atoms with van der Waals surface area (Å²) in [7, 11) is -4.29. The smallest absolute Gasteiger partial charge is 0.323 e. The largest absolute Gasteiger partial charge is 0.480 e. The third kappa shape index (κ3) is 4.36. The fraction of sp³-hybridized carbons (Fsp3) is 0.103. The number of hydrogen-bond donors (Lipinski definition) is 1. The van der Waals surface area contributed by atoms with Crippen molar-refractivity contribution < 1.29 is 23.1 Å². The van der Waals surface area contributed by atoms with E-state index in [1.165, 1.54) is 12.1 Å². The predicted molar refractivity (Wildman–Crippen MR) is 142 cm³/mol. The Labute approximate surface area is 215 Å².